The molecule has 0 radical (unpaired) electrons. The van der Waals surface area contributed by atoms with Crippen molar-refractivity contribution in [3.63, 3.8) is 0 Å². The van der Waals surface area contributed by atoms with Crippen molar-refractivity contribution < 1.29 is 14.3 Å². The fourth-order valence-corrected chi connectivity index (χ4v) is 2.36. The Hall–Kier alpha value is -1.88. The van der Waals surface area contributed by atoms with E-state index >= 15 is 0 Å². The molecular weight excluding hydrogens is 256 g/mol. The maximum atomic E-state index is 12.0. The molecule has 2 amide bonds. The number of carbonyl (C=O) groups is 2. The fourth-order valence-electron chi connectivity index (χ4n) is 2.36. The third-order valence-electron chi connectivity index (χ3n) is 3.51. The molecule has 1 aromatic carbocycles. The largest absolute Gasteiger partial charge is 0.369 e. The van der Waals surface area contributed by atoms with Gasteiger partial charge in [0.2, 0.25) is 11.8 Å². The molecule has 1 heterocycles. The highest BCUT2D eigenvalue weighted by atomic mass is 16.5. The molecule has 0 spiro atoms. The Balaban J connectivity index is 1.75. The van der Waals surface area contributed by atoms with Crippen LogP contribution in [0.4, 0.5) is 0 Å². The van der Waals surface area contributed by atoms with Gasteiger partial charge in [0.25, 0.3) is 0 Å². The van der Waals surface area contributed by atoms with E-state index in [0.29, 0.717) is 19.7 Å². The van der Waals surface area contributed by atoms with Crippen molar-refractivity contribution in [3.8, 4) is 0 Å². The van der Waals surface area contributed by atoms with Crippen molar-refractivity contribution in [1.82, 2.24) is 4.90 Å². The second-order valence-corrected chi connectivity index (χ2v) is 5.06. The van der Waals surface area contributed by atoms with Gasteiger partial charge in [0.05, 0.1) is 12.5 Å². The first-order valence-electron chi connectivity index (χ1n) is 6.85. The average Bonchev–Trinajstić information content (AvgIpc) is 2.48. The Morgan fingerprint density at radius 3 is 2.75 bits per heavy atom. The summed E-state index contributed by atoms with van der Waals surface area (Å²) < 4.78 is 5.42. The van der Waals surface area contributed by atoms with Crippen molar-refractivity contribution in [2.75, 3.05) is 19.7 Å². The molecule has 1 fully saturated rings. The molecule has 1 aliphatic rings. The molecular formula is C15H20N2O3. The zero-order valence-corrected chi connectivity index (χ0v) is 11.5. The van der Waals surface area contributed by atoms with Gasteiger partial charge in [-0.05, 0) is 18.4 Å². The number of benzene rings is 1. The van der Waals surface area contributed by atoms with E-state index in [2.05, 4.69) is 0 Å². The zero-order valence-electron chi connectivity index (χ0n) is 11.5. The third-order valence-corrected chi connectivity index (χ3v) is 3.51. The summed E-state index contributed by atoms with van der Waals surface area (Å²) in [6.07, 6.45) is 1.59. The summed E-state index contributed by atoms with van der Waals surface area (Å²) >= 11 is 0. The molecule has 108 valence electrons. The molecule has 1 unspecified atom stereocenters. The Kier molecular flexibility index (Phi) is 5.12. The van der Waals surface area contributed by atoms with Crippen LogP contribution in [-0.4, -0.2) is 36.4 Å². The highest BCUT2D eigenvalue weighted by Gasteiger charge is 2.26. The first kappa shape index (κ1) is 14.5. The summed E-state index contributed by atoms with van der Waals surface area (Å²) in [5.74, 6) is -0.624. The number of ether oxygens (including phenoxy) is 1. The minimum atomic E-state index is -0.326. The molecule has 1 saturated heterocycles. The van der Waals surface area contributed by atoms with Crippen LogP contribution in [0.15, 0.2) is 30.3 Å². The van der Waals surface area contributed by atoms with Gasteiger partial charge in [-0.25, -0.2) is 0 Å². The third kappa shape index (κ3) is 4.06. The molecule has 20 heavy (non-hydrogen) atoms. The van der Waals surface area contributed by atoms with Gasteiger partial charge in [0.15, 0.2) is 0 Å². The smallest absolute Gasteiger partial charge is 0.248 e. The summed E-state index contributed by atoms with van der Waals surface area (Å²) in [6.45, 7) is 1.56. The predicted molar refractivity (Wildman–Crippen MR) is 74.6 cm³/mol. The highest BCUT2D eigenvalue weighted by Crippen LogP contribution is 2.16. The molecule has 5 heteroatoms. The second kappa shape index (κ2) is 7.05. The minimum absolute atomic E-state index is 0.0420. The normalized spacial score (nSPS) is 18.8. The standard InChI is InChI=1S/C15H20N2O3/c16-15(19)13-7-4-8-17(9-13)14(18)11-20-10-12-5-2-1-3-6-12/h1-3,5-6,13H,4,7-11H2,(H2,16,19). The fraction of sp³-hybridized carbons (Fsp3) is 0.467. The van der Waals surface area contributed by atoms with Crippen LogP contribution >= 0.6 is 0 Å². The lowest BCUT2D eigenvalue weighted by Crippen LogP contribution is -2.45. The lowest BCUT2D eigenvalue weighted by molar-refractivity contribution is -0.139. The molecule has 5 nitrogen and oxygen atoms in total. The number of piperidine rings is 1. The van der Waals surface area contributed by atoms with Crippen molar-refractivity contribution in [3.05, 3.63) is 35.9 Å². The van der Waals surface area contributed by atoms with Gasteiger partial charge in [-0.1, -0.05) is 30.3 Å². The lowest BCUT2D eigenvalue weighted by Gasteiger charge is -2.31. The number of likely N-dealkylation sites (tertiary alicyclic amines) is 1. The highest BCUT2D eigenvalue weighted by molar-refractivity contribution is 5.80. The second-order valence-electron chi connectivity index (χ2n) is 5.06. The van der Waals surface area contributed by atoms with E-state index in [1.54, 1.807) is 4.90 Å². The van der Waals surface area contributed by atoms with Gasteiger partial charge < -0.3 is 15.4 Å². The van der Waals surface area contributed by atoms with Crippen LogP contribution in [-0.2, 0) is 20.9 Å². The van der Waals surface area contributed by atoms with Crippen molar-refractivity contribution >= 4 is 11.8 Å². The maximum absolute atomic E-state index is 12.0. The van der Waals surface area contributed by atoms with Gasteiger partial charge in [0, 0.05) is 13.1 Å². The van der Waals surface area contributed by atoms with Gasteiger partial charge >= 0.3 is 0 Å². The number of nitrogens with two attached hydrogens (primary N) is 1. The Morgan fingerprint density at radius 2 is 2.05 bits per heavy atom. The van der Waals surface area contributed by atoms with Crippen LogP contribution in [0.2, 0.25) is 0 Å². The van der Waals surface area contributed by atoms with Crippen LogP contribution in [0.5, 0.6) is 0 Å². The van der Waals surface area contributed by atoms with Gasteiger partial charge in [0.1, 0.15) is 6.61 Å². The molecule has 1 aliphatic heterocycles. The van der Waals surface area contributed by atoms with E-state index in [4.69, 9.17) is 10.5 Å². The maximum Gasteiger partial charge on any atom is 0.248 e. The van der Waals surface area contributed by atoms with Gasteiger partial charge in [-0.2, -0.15) is 0 Å². The first-order valence-corrected chi connectivity index (χ1v) is 6.85. The first-order chi connectivity index (χ1) is 9.66. The number of nitrogens with zero attached hydrogens (tertiary/aromatic N) is 1. The zero-order chi connectivity index (χ0) is 14.4. The Morgan fingerprint density at radius 1 is 1.30 bits per heavy atom. The van der Waals surface area contributed by atoms with Gasteiger partial charge in [-0.3, -0.25) is 9.59 Å². The van der Waals surface area contributed by atoms with Crippen LogP contribution in [0.3, 0.4) is 0 Å². The van der Waals surface area contributed by atoms with Gasteiger partial charge in [-0.15, -0.1) is 0 Å². The minimum Gasteiger partial charge on any atom is -0.369 e. The van der Waals surface area contributed by atoms with E-state index in [-0.39, 0.29) is 24.3 Å². The van der Waals surface area contributed by atoms with Crippen LogP contribution in [0.1, 0.15) is 18.4 Å². The topological polar surface area (TPSA) is 72.6 Å². The Bertz CT molecular complexity index is 461. The molecule has 0 aliphatic carbocycles. The number of amides is 2. The molecule has 1 atom stereocenters. The van der Waals surface area contributed by atoms with Crippen molar-refractivity contribution in [1.29, 1.82) is 0 Å². The van der Waals surface area contributed by atoms with Crippen molar-refractivity contribution in [2.45, 2.75) is 19.4 Å². The van der Waals surface area contributed by atoms with E-state index in [1.807, 2.05) is 30.3 Å². The summed E-state index contributed by atoms with van der Waals surface area (Å²) in [5, 5.41) is 0. The van der Waals surface area contributed by atoms with E-state index in [1.165, 1.54) is 0 Å². The molecule has 2 N–H and O–H groups in total. The lowest BCUT2D eigenvalue weighted by atomic mass is 9.97. The van der Waals surface area contributed by atoms with Crippen LogP contribution < -0.4 is 5.73 Å². The van der Waals surface area contributed by atoms with E-state index in [0.717, 1.165) is 18.4 Å². The average molecular weight is 276 g/mol. The van der Waals surface area contributed by atoms with E-state index < -0.39 is 0 Å². The number of carbonyl (C=O) groups excluding carboxylic acids is 2. The van der Waals surface area contributed by atoms with E-state index in [9.17, 15) is 9.59 Å². The number of hydrogen-bond acceptors (Lipinski definition) is 3. The number of hydrogen-bond donors (Lipinski definition) is 1. The molecule has 0 bridgehead atoms. The molecule has 1 aromatic rings. The number of primary amides is 1. The summed E-state index contributed by atoms with van der Waals surface area (Å²) in [4.78, 5) is 24.9. The van der Waals surface area contributed by atoms with Crippen molar-refractivity contribution in [2.24, 2.45) is 11.7 Å². The quantitative estimate of drug-likeness (QED) is 0.869. The monoisotopic (exact) mass is 276 g/mol. The number of rotatable bonds is 5. The summed E-state index contributed by atoms with van der Waals surface area (Å²) in [7, 11) is 0. The van der Waals surface area contributed by atoms with Crippen LogP contribution in [0.25, 0.3) is 0 Å². The van der Waals surface area contributed by atoms with Crippen LogP contribution in [0, 0.1) is 5.92 Å². The molecule has 2 rings (SSSR count). The summed E-state index contributed by atoms with van der Waals surface area (Å²) in [5.41, 5.74) is 6.33. The summed E-state index contributed by atoms with van der Waals surface area (Å²) in [6, 6.07) is 9.71. The molecule has 0 saturated carbocycles. The Labute approximate surface area is 118 Å². The SMILES string of the molecule is NC(=O)C1CCCN(C(=O)COCc2ccccc2)C1. The predicted octanol–water partition coefficient (Wildman–Crippen LogP) is 0.927. The molecule has 0 aromatic heterocycles.